The first-order valence-corrected chi connectivity index (χ1v) is 10.4. The van der Waals surface area contributed by atoms with Gasteiger partial charge in [0.25, 0.3) is 0 Å². The highest BCUT2D eigenvalue weighted by molar-refractivity contribution is 5.53. The molecule has 0 radical (unpaired) electrons. The number of pyridine rings is 1. The Hall–Kier alpha value is -3.09. The van der Waals surface area contributed by atoms with Gasteiger partial charge in [-0.1, -0.05) is 12.2 Å². The van der Waals surface area contributed by atoms with Crippen LogP contribution in [0.5, 0.6) is 5.88 Å². The summed E-state index contributed by atoms with van der Waals surface area (Å²) in [7, 11) is 0. The molecule has 0 amide bonds. The van der Waals surface area contributed by atoms with E-state index in [0.29, 0.717) is 23.9 Å². The molecule has 150 valence electrons. The zero-order chi connectivity index (χ0) is 19.6. The number of aromatic hydroxyl groups is 1. The highest BCUT2D eigenvalue weighted by atomic mass is 16.3. The molecule has 7 heteroatoms. The van der Waals surface area contributed by atoms with Crippen LogP contribution in [-0.2, 0) is 0 Å². The smallest absolute Gasteiger partial charge is 0.226 e. The van der Waals surface area contributed by atoms with Crippen LogP contribution in [0.3, 0.4) is 0 Å². The van der Waals surface area contributed by atoms with Crippen LogP contribution in [0.25, 0.3) is 0 Å². The van der Waals surface area contributed by atoms with Gasteiger partial charge in [0.1, 0.15) is 5.82 Å². The van der Waals surface area contributed by atoms with Crippen molar-refractivity contribution < 1.29 is 5.11 Å². The lowest BCUT2D eigenvalue weighted by molar-refractivity contribution is 0.445. The largest absolute Gasteiger partial charge is 0.493 e. The monoisotopic (exact) mass is 390 g/mol. The maximum absolute atomic E-state index is 10.1. The zero-order valence-corrected chi connectivity index (χ0v) is 16.3. The standard InChI is InChI=1S/C22H26N6O/c29-21-19(15-4-5-15)14-24-22(27-21)26-17-7-6-16(12-17)25-20-9-8-18(13-23-20)28-10-2-1-3-11-28/h1-3,8-10,13-17H,4-7,11-12H2,(H,23,25)(H2,24,26,27,29)/t16-,17-/m0/s1. The lowest BCUT2D eigenvalue weighted by Gasteiger charge is -2.21. The highest BCUT2D eigenvalue weighted by Gasteiger charge is 2.29. The fraction of sp³-hybridized carbons (Fsp3) is 0.409. The molecule has 0 bridgehead atoms. The van der Waals surface area contributed by atoms with Gasteiger partial charge in [0.2, 0.25) is 11.8 Å². The predicted octanol–water partition coefficient (Wildman–Crippen LogP) is 3.79. The minimum absolute atomic E-state index is 0.126. The van der Waals surface area contributed by atoms with Gasteiger partial charge < -0.3 is 20.6 Å². The third kappa shape index (κ3) is 4.18. The number of hydrogen-bond acceptors (Lipinski definition) is 7. The minimum Gasteiger partial charge on any atom is -0.493 e. The van der Waals surface area contributed by atoms with Crippen molar-refractivity contribution in [1.82, 2.24) is 15.0 Å². The van der Waals surface area contributed by atoms with Crippen LogP contribution >= 0.6 is 0 Å². The van der Waals surface area contributed by atoms with Gasteiger partial charge in [0.05, 0.1) is 11.9 Å². The second kappa shape index (κ2) is 7.73. The molecule has 29 heavy (non-hydrogen) atoms. The van der Waals surface area contributed by atoms with Crippen LogP contribution in [-0.4, -0.2) is 38.7 Å². The highest BCUT2D eigenvalue weighted by Crippen LogP contribution is 2.43. The van der Waals surface area contributed by atoms with Crippen molar-refractivity contribution in [3.8, 4) is 5.88 Å². The Morgan fingerprint density at radius 2 is 1.83 bits per heavy atom. The minimum atomic E-state index is 0.126. The Bertz CT molecular complexity index is 921. The first-order valence-electron chi connectivity index (χ1n) is 10.4. The van der Waals surface area contributed by atoms with E-state index in [9.17, 15) is 5.11 Å². The SMILES string of the molecule is Oc1nc(N[C@H]2CC[C@H](Nc3ccc(N4C=CC=CC4)cn3)C2)ncc1C1CC1. The molecule has 3 heterocycles. The molecule has 3 aliphatic rings. The van der Waals surface area contributed by atoms with Gasteiger partial charge in [-0.15, -0.1) is 0 Å². The molecule has 3 N–H and O–H groups in total. The molecule has 2 aromatic heterocycles. The molecule has 5 rings (SSSR count). The Morgan fingerprint density at radius 3 is 2.52 bits per heavy atom. The Labute approximate surface area is 170 Å². The van der Waals surface area contributed by atoms with E-state index in [2.05, 4.69) is 54.9 Å². The van der Waals surface area contributed by atoms with Crippen LogP contribution < -0.4 is 15.5 Å². The van der Waals surface area contributed by atoms with Crippen LogP contribution in [0.2, 0.25) is 0 Å². The van der Waals surface area contributed by atoms with Crippen molar-refractivity contribution in [2.45, 2.75) is 50.1 Å². The molecule has 1 aliphatic heterocycles. The van der Waals surface area contributed by atoms with E-state index >= 15 is 0 Å². The van der Waals surface area contributed by atoms with Crippen LogP contribution in [0.4, 0.5) is 17.5 Å². The summed E-state index contributed by atoms with van der Waals surface area (Å²) in [5.74, 6) is 1.99. The van der Waals surface area contributed by atoms with Gasteiger partial charge in [0, 0.05) is 36.6 Å². The van der Waals surface area contributed by atoms with E-state index in [4.69, 9.17) is 0 Å². The zero-order valence-electron chi connectivity index (χ0n) is 16.3. The third-order valence-corrected chi connectivity index (χ3v) is 5.83. The molecule has 2 aliphatic carbocycles. The van der Waals surface area contributed by atoms with E-state index in [1.807, 2.05) is 18.3 Å². The lowest BCUT2D eigenvalue weighted by atomic mass is 10.2. The summed E-state index contributed by atoms with van der Waals surface area (Å²) in [6.45, 7) is 0.875. The maximum atomic E-state index is 10.1. The number of anilines is 3. The molecule has 7 nitrogen and oxygen atoms in total. The predicted molar refractivity (Wildman–Crippen MR) is 114 cm³/mol. The van der Waals surface area contributed by atoms with Crippen molar-refractivity contribution in [1.29, 1.82) is 0 Å². The number of allylic oxidation sites excluding steroid dienone is 2. The van der Waals surface area contributed by atoms with Crippen molar-refractivity contribution in [2.24, 2.45) is 0 Å². The first kappa shape index (κ1) is 18.0. The molecule has 0 saturated heterocycles. The second-order valence-electron chi connectivity index (χ2n) is 8.07. The Kier molecular flexibility index (Phi) is 4.79. The molecule has 0 unspecified atom stereocenters. The molecule has 2 saturated carbocycles. The summed E-state index contributed by atoms with van der Waals surface area (Å²) in [4.78, 5) is 15.4. The average Bonchev–Trinajstić information content (AvgIpc) is 3.50. The molecular weight excluding hydrogens is 364 g/mol. The second-order valence-corrected chi connectivity index (χ2v) is 8.07. The van der Waals surface area contributed by atoms with E-state index in [1.54, 1.807) is 6.20 Å². The summed E-state index contributed by atoms with van der Waals surface area (Å²) in [5.41, 5.74) is 1.97. The van der Waals surface area contributed by atoms with E-state index < -0.39 is 0 Å². The molecule has 2 atom stereocenters. The molecule has 0 aromatic carbocycles. The van der Waals surface area contributed by atoms with Crippen molar-refractivity contribution >= 4 is 17.5 Å². The summed E-state index contributed by atoms with van der Waals surface area (Å²) in [5, 5.41) is 17.0. The van der Waals surface area contributed by atoms with Gasteiger partial charge in [-0.2, -0.15) is 4.98 Å². The molecule has 2 fully saturated rings. The maximum Gasteiger partial charge on any atom is 0.226 e. The molecule has 0 spiro atoms. The fourth-order valence-electron chi connectivity index (χ4n) is 4.07. The number of nitrogens with zero attached hydrogens (tertiary/aromatic N) is 4. The van der Waals surface area contributed by atoms with E-state index in [1.165, 1.54) is 0 Å². The lowest BCUT2D eigenvalue weighted by Crippen LogP contribution is -2.22. The number of aromatic nitrogens is 3. The van der Waals surface area contributed by atoms with E-state index in [-0.39, 0.29) is 5.88 Å². The first-order chi connectivity index (χ1) is 14.2. The number of rotatable bonds is 6. The summed E-state index contributed by atoms with van der Waals surface area (Å²) in [6.07, 6.45) is 17.3. The van der Waals surface area contributed by atoms with Gasteiger partial charge >= 0.3 is 0 Å². The third-order valence-electron chi connectivity index (χ3n) is 5.83. The Morgan fingerprint density at radius 1 is 0.966 bits per heavy atom. The van der Waals surface area contributed by atoms with E-state index in [0.717, 1.165) is 55.7 Å². The average molecular weight is 390 g/mol. The summed E-state index contributed by atoms with van der Waals surface area (Å²) in [6, 6.07) is 4.80. The van der Waals surface area contributed by atoms with Gasteiger partial charge in [-0.05, 0) is 56.2 Å². The van der Waals surface area contributed by atoms with Crippen molar-refractivity contribution in [3.05, 3.63) is 54.5 Å². The van der Waals surface area contributed by atoms with Crippen LogP contribution in [0.15, 0.2) is 49.0 Å². The topological polar surface area (TPSA) is 86.2 Å². The molecule has 2 aromatic rings. The fourth-order valence-corrected chi connectivity index (χ4v) is 4.07. The normalized spacial score (nSPS) is 23.4. The number of hydrogen-bond donors (Lipinski definition) is 3. The quantitative estimate of drug-likeness (QED) is 0.692. The van der Waals surface area contributed by atoms with Gasteiger partial charge in [-0.3, -0.25) is 0 Å². The summed E-state index contributed by atoms with van der Waals surface area (Å²) >= 11 is 0. The van der Waals surface area contributed by atoms with Crippen LogP contribution in [0.1, 0.15) is 43.6 Å². The van der Waals surface area contributed by atoms with Crippen LogP contribution in [0, 0.1) is 0 Å². The number of nitrogens with one attached hydrogen (secondary N) is 2. The molecular formula is C22H26N6O. The van der Waals surface area contributed by atoms with Gasteiger partial charge in [0.15, 0.2) is 0 Å². The van der Waals surface area contributed by atoms with Crippen molar-refractivity contribution in [3.63, 3.8) is 0 Å². The van der Waals surface area contributed by atoms with Gasteiger partial charge in [-0.25, -0.2) is 9.97 Å². The summed E-state index contributed by atoms with van der Waals surface area (Å²) < 4.78 is 0. The Balaban J connectivity index is 1.14. The van der Waals surface area contributed by atoms with Crippen molar-refractivity contribution in [2.75, 3.05) is 22.1 Å².